The maximum atomic E-state index is 12.5. The number of amides is 1. The van der Waals surface area contributed by atoms with Crippen molar-refractivity contribution in [2.24, 2.45) is 17.6 Å². The first kappa shape index (κ1) is 19.7. The first-order chi connectivity index (χ1) is 9.13. The van der Waals surface area contributed by atoms with E-state index in [9.17, 15) is 4.79 Å². The summed E-state index contributed by atoms with van der Waals surface area (Å²) in [6.45, 7) is 9.49. The molecule has 0 spiro atoms. The second-order valence-electron chi connectivity index (χ2n) is 5.53. The molecule has 1 atom stereocenters. The molecule has 0 aromatic carbocycles. The Bertz CT molecular complexity index is 267. The molecular weight excluding hydrogens is 276 g/mol. The van der Waals surface area contributed by atoms with E-state index in [0.717, 1.165) is 52.0 Å². The molecule has 1 amide bonds. The molecule has 0 radical (unpaired) electrons. The number of hydrogen-bond donors (Lipinski definition) is 1. The van der Waals surface area contributed by atoms with Crippen molar-refractivity contribution in [1.82, 2.24) is 4.90 Å². The number of halogens is 1. The highest BCUT2D eigenvalue weighted by atomic mass is 35.5. The lowest BCUT2D eigenvalue weighted by molar-refractivity contribution is -0.135. The van der Waals surface area contributed by atoms with Crippen LogP contribution >= 0.6 is 12.4 Å². The Hall–Kier alpha value is -0.320. The average Bonchev–Trinajstić information content (AvgIpc) is 2.48. The van der Waals surface area contributed by atoms with E-state index >= 15 is 0 Å². The highest BCUT2D eigenvalue weighted by molar-refractivity contribution is 5.85. The molecular formula is C15H31ClN2O2. The lowest BCUT2D eigenvalue weighted by atomic mass is 9.91. The number of carbonyl (C=O) groups excluding carboxylic acids is 1. The molecule has 0 saturated carbocycles. The van der Waals surface area contributed by atoms with Gasteiger partial charge in [0.1, 0.15) is 0 Å². The molecule has 5 heteroatoms. The number of rotatable bonds is 7. The van der Waals surface area contributed by atoms with Gasteiger partial charge in [0.2, 0.25) is 5.91 Å². The van der Waals surface area contributed by atoms with Gasteiger partial charge in [-0.25, -0.2) is 0 Å². The molecule has 0 bridgehead atoms. The predicted octanol–water partition coefficient (Wildman–Crippen LogP) is 2.45. The summed E-state index contributed by atoms with van der Waals surface area (Å²) in [5, 5.41) is 0. The van der Waals surface area contributed by atoms with Gasteiger partial charge in [0.15, 0.2) is 0 Å². The summed E-state index contributed by atoms with van der Waals surface area (Å²) in [5.74, 6) is 1.00. The molecule has 1 aliphatic rings. The van der Waals surface area contributed by atoms with Crippen molar-refractivity contribution in [3.05, 3.63) is 0 Å². The molecule has 2 N–H and O–H groups in total. The Morgan fingerprint density at radius 1 is 1.25 bits per heavy atom. The highest BCUT2D eigenvalue weighted by Gasteiger charge is 2.29. The zero-order valence-corrected chi connectivity index (χ0v) is 14.0. The summed E-state index contributed by atoms with van der Waals surface area (Å²) in [7, 11) is 0. The van der Waals surface area contributed by atoms with Gasteiger partial charge < -0.3 is 15.4 Å². The van der Waals surface area contributed by atoms with E-state index in [1.54, 1.807) is 0 Å². The Kier molecular flexibility index (Phi) is 10.2. The van der Waals surface area contributed by atoms with Crippen LogP contribution < -0.4 is 5.73 Å². The lowest BCUT2D eigenvalue weighted by Gasteiger charge is -2.32. The summed E-state index contributed by atoms with van der Waals surface area (Å²) >= 11 is 0. The third-order valence-electron chi connectivity index (χ3n) is 4.39. The minimum absolute atomic E-state index is 0. The summed E-state index contributed by atoms with van der Waals surface area (Å²) in [4.78, 5) is 14.4. The molecule has 120 valence electrons. The van der Waals surface area contributed by atoms with Crippen LogP contribution in [-0.2, 0) is 9.53 Å². The summed E-state index contributed by atoms with van der Waals surface area (Å²) in [6, 6.07) is -0.349. The van der Waals surface area contributed by atoms with Crippen LogP contribution in [0.25, 0.3) is 0 Å². The van der Waals surface area contributed by atoms with Gasteiger partial charge in [-0.2, -0.15) is 0 Å². The molecule has 1 saturated heterocycles. The summed E-state index contributed by atoms with van der Waals surface area (Å²) < 4.78 is 5.34. The fourth-order valence-corrected chi connectivity index (χ4v) is 2.72. The van der Waals surface area contributed by atoms with Gasteiger partial charge >= 0.3 is 0 Å². The normalized spacial score (nSPS) is 17.6. The topological polar surface area (TPSA) is 55.6 Å². The smallest absolute Gasteiger partial charge is 0.239 e. The predicted molar refractivity (Wildman–Crippen MR) is 85.1 cm³/mol. The minimum Gasteiger partial charge on any atom is -0.381 e. The fraction of sp³-hybridized carbons (Fsp3) is 0.933. The van der Waals surface area contributed by atoms with E-state index in [4.69, 9.17) is 10.5 Å². The Morgan fingerprint density at radius 2 is 1.80 bits per heavy atom. The van der Waals surface area contributed by atoms with Crippen LogP contribution in [0.3, 0.4) is 0 Å². The van der Waals surface area contributed by atoms with Crippen LogP contribution in [0.2, 0.25) is 0 Å². The first-order valence-corrected chi connectivity index (χ1v) is 7.76. The van der Waals surface area contributed by atoms with Crippen molar-refractivity contribution in [1.29, 1.82) is 0 Å². The maximum Gasteiger partial charge on any atom is 0.239 e. The molecule has 0 aromatic rings. The highest BCUT2D eigenvalue weighted by Crippen LogP contribution is 2.20. The molecule has 4 nitrogen and oxygen atoms in total. The van der Waals surface area contributed by atoms with Gasteiger partial charge in [-0.05, 0) is 31.6 Å². The number of nitrogens with two attached hydrogens (primary N) is 1. The second kappa shape index (κ2) is 10.4. The molecule has 1 heterocycles. The average molecular weight is 307 g/mol. The molecule has 20 heavy (non-hydrogen) atoms. The zero-order chi connectivity index (χ0) is 14.3. The SMILES string of the molecule is CCC(CC)CN(CC)C(=O)C(N)C1CCOCC1.Cl. The number of likely N-dealkylation sites (N-methyl/N-ethyl adjacent to an activating group) is 1. The number of carbonyl (C=O) groups is 1. The van der Waals surface area contributed by atoms with E-state index in [-0.39, 0.29) is 30.3 Å². The molecule has 1 rings (SSSR count). The monoisotopic (exact) mass is 306 g/mol. The third-order valence-corrected chi connectivity index (χ3v) is 4.39. The van der Waals surface area contributed by atoms with Crippen LogP contribution in [0, 0.1) is 11.8 Å². The van der Waals surface area contributed by atoms with E-state index < -0.39 is 0 Å². The van der Waals surface area contributed by atoms with Crippen molar-refractivity contribution in [3.63, 3.8) is 0 Å². The summed E-state index contributed by atoms with van der Waals surface area (Å²) in [6.07, 6.45) is 4.06. The Balaban J connectivity index is 0.00000361. The van der Waals surface area contributed by atoms with E-state index in [2.05, 4.69) is 13.8 Å². The molecule has 1 aliphatic heterocycles. The van der Waals surface area contributed by atoms with Crippen molar-refractivity contribution in [2.45, 2.75) is 52.5 Å². The lowest BCUT2D eigenvalue weighted by Crippen LogP contribution is -2.50. The van der Waals surface area contributed by atoms with Crippen molar-refractivity contribution in [2.75, 3.05) is 26.3 Å². The standard InChI is InChI=1S/C15H30N2O2.ClH/c1-4-12(5-2)11-17(6-3)15(18)14(16)13-7-9-19-10-8-13;/h12-14H,4-11,16H2,1-3H3;1H. The van der Waals surface area contributed by atoms with Crippen LogP contribution in [0.5, 0.6) is 0 Å². The number of hydrogen-bond acceptors (Lipinski definition) is 3. The number of nitrogens with zero attached hydrogens (tertiary/aromatic N) is 1. The van der Waals surface area contributed by atoms with Crippen molar-refractivity contribution >= 4 is 18.3 Å². The van der Waals surface area contributed by atoms with Crippen LogP contribution in [0.4, 0.5) is 0 Å². The van der Waals surface area contributed by atoms with E-state index in [0.29, 0.717) is 5.92 Å². The van der Waals surface area contributed by atoms with Crippen LogP contribution in [0.1, 0.15) is 46.5 Å². The van der Waals surface area contributed by atoms with Crippen LogP contribution in [0.15, 0.2) is 0 Å². The quantitative estimate of drug-likeness (QED) is 0.786. The Labute approximate surface area is 129 Å². The van der Waals surface area contributed by atoms with Gasteiger partial charge in [0, 0.05) is 26.3 Å². The van der Waals surface area contributed by atoms with Crippen LogP contribution in [-0.4, -0.2) is 43.2 Å². The third kappa shape index (κ3) is 5.58. The molecule has 1 fully saturated rings. The summed E-state index contributed by atoms with van der Waals surface area (Å²) in [5.41, 5.74) is 6.18. The zero-order valence-electron chi connectivity index (χ0n) is 13.1. The maximum absolute atomic E-state index is 12.5. The van der Waals surface area contributed by atoms with Crippen molar-refractivity contribution in [3.8, 4) is 0 Å². The van der Waals surface area contributed by atoms with Crippen molar-refractivity contribution < 1.29 is 9.53 Å². The molecule has 0 aromatic heterocycles. The van der Waals surface area contributed by atoms with E-state index in [1.807, 2.05) is 11.8 Å². The number of ether oxygens (including phenoxy) is 1. The molecule has 1 unspecified atom stereocenters. The van der Waals surface area contributed by atoms with Gasteiger partial charge in [-0.15, -0.1) is 12.4 Å². The second-order valence-corrected chi connectivity index (χ2v) is 5.53. The van der Waals surface area contributed by atoms with Gasteiger partial charge in [-0.3, -0.25) is 4.79 Å². The Morgan fingerprint density at radius 3 is 2.25 bits per heavy atom. The first-order valence-electron chi connectivity index (χ1n) is 7.76. The van der Waals surface area contributed by atoms with E-state index in [1.165, 1.54) is 0 Å². The van der Waals surface area contributed by atoms with Gasteiger partial charge in [-0.1, -0.05) is 26.7 Å². The largest absolute Gasteiger partial charge is 0.381 e. The fourth-order valence-electron chi connectivity index (χ4n) is 2.72. The molecule has 0 aliphatic carbocycles. The minimum atomic E-state index is -0.349. The van der Waals surface area contributed by atoms with Gasteiger partial charge in [0.25, 0.3) is 0 Å². The van der Waals surface area contributed by atoms with Gasteiger partial charge in [0.05, 0.1) is 6.04 Å².